The average molecular weight is 671 g/mol. The molecule has 10 heteroatoms. The summed E-state index contributed by atoms with van der Waals surface area (Å²) in [6.07, 6.45) is 4.06. The summed E-state index contributed by atoms with van der Waals surface area (Å²) in [4.78, 5) is 42.7. The van der Waals surface area contributed by atoms with Crippen LogP contribution in [0.4, 0.5) is 0 Å². The van der Waals surface area contributed by atoms with Gasteiger partial charge in [-0.25, -0.2) is 9.97 Å². The SMILES string of the molecule is C=CC1=C(C)c2cc3[n-]c(cc4nc(cc5[n-]c(cc1n2)c(C)c5C=C)C(C)=C4CCC(=O)O)c(CCC(=O)O)c3C.[Fe+2].[Mn]. The molecule has 0 saturated carbocycles. The molecule has 3 aromatic heterocycles. The fourth-order valence-corrected chi connectivity index (χ4v) is 5.61. The van der Waals surface area contributed by atoms with Crippen molar-refractivity contribution in [2.24, 2.45) is 0 Å². The predicted octanol–water partition coefficient (Wildman–Crippen LogP) is 6.76. The Morgan fingerprint density at radius 3 is 1.89 bits per heavy atom. The minimum Gasteiger partial charge on any atom is -0.657 e. The zero-order chi connectivity index (χ0) is 30.3. The summed E-state index contributed by atoms with van der Waals surface area (Å²) in [7, 11) is 0. The molecule has 0 fully saturated rings. The van der Waals surface area contributed by atoms with E-state index in [9.17, 15) is 19.8 Å². The first-order valence-corrected chi connectivity index (χ1v) is 13.8. The molecular formula is C34H32FeMnN4O4. The number of aliphatic carboxylic acids is 2. The molecule has 0 spiro atoms. The minimum atomic E-state index is -0.898. The summed E-state index contributed by atoms with van der Waals surface area (Å²) in [5.74, 6) is -1.80. The van der Waals surface area contributed by atoms with Crippen LogP contribution >= 0.6 is 0 Å². The van der Waals surface area contributed by atoms with E-state index in [0.29, 0.717) is 40.8 Å². The normalized spacial score (nSPS) is 12.5. The Balaban J connectivity index is 0.00000264. The van der Waals surface area contributed by atoms with Crippen LogP contribution in [0.1, 0.15) is 78.1 Å². The summed E-state index contributed by atoms with van der Waals surface area (Å²) in [6.45, 7) is 15.9. The number of aromatic nitrogens is 4. The van der Waals surface area contributed by atoms with E-state index in [1.165, 1.54) is 0 Å². The van der Waals surface area contributed by atoms with Crippen LogP contribution in [-0.4, -0.2) is 32.1 Å². The Morgan fingerprint density at radius 1 is 0.727 bits per heavy atom. The van der Waals surface area contributed by atoms with Crippen LogP contribution in [0.2, 0.25) is 0 Å². The molecule has 44 heavy (non-hydrogen) atoms. The first kappa shape index (κ1) is 34.5. The van der Waals surface area contributed by atoms with Crippen LogP contribution in [0.25, 0.3) is 50.4 Å². The van der Waals surface area contributed by atoms with Gasteiger partial charge >= 0.3 is 29.0 Å². The van der Waals surface area contributed by atoms with Gasteiger partial charge in [0.1, 0.15) is 0 Å². The monoisotopic (exact) mass is 671 g/mol. The molecule has 5 heterocycles. The van der Waals surface area contributed by atoms with Gasteiger partial charge in [0.2, 0.25) is 0 Å². The largest absolute Gasteiger partial charge is 2.00 e. The van der Waals surface area contributed by atoms with Crippen molar-refractivity contribution in [3.8, 4) is 0 Å². The Kier molecular flexibility index (Phi) is 10.8. The van der Waals surface area contributed by atoms with Crippen LogP contribution in [0, 0.1) is 13.8 Å². The molecule has 2 N–H and O–H groups in total. The van der Waals surface area contributed by atoms with Gasteiger partial charge in [-0.3, -0.25) is 9.59 Å². The Morgan fingerprint density at radius 2 is 1.25 bits per heavy atom. The fourth-order valence-electron chi connectivity index (χ4n) is 5.61. The van der Waals surface area contributed by atoms with Gasteiger partial charge in [0, 0.05) is 35.5 Å². The maximum atomic E-state index is 11.5. The van der Waals surface area contributed by atoms with E-state index >= 15 is 0 Å². The number of nitrogens with zero attached hydrogens (tertiary/aromatic N) is 4. The molecule has 0 aromatic carbocycles. The third-order valence-corrected chi connectivity index (χ3v) is 8.06. The molecule has 0 atom stereocenters. The maximum absolute atomic E-state index is 11.5. The van der Waals surface area contributed by atoms with E-state index in [1.54, 1.807) is 12.2 Å². The van der Waals surface area contributed by atoms with Crippen LogP contribution in [0.15, 0.2) is 43.5 Å². The van der Waals surface area contributed by atoms with Crippen molar-refractivity contribution in [2.75, 3.05) is 0 Å². The van der Waals surface area contributed by atoms with Crippen molar-refractivity contribution in [3.63, 3.8) is 0 Å². The molecule has 2 aliphatic rings. The summed E-state index contributed by atoms with van der Waals surface area (Å²) in [6, 6.07) is 7.62. The smallest absolute Gasteiger partial charge is 0.657 e. The van der Waals surface area contributed by atoms with Crippen molar-refractivity contribution < 1.29 is 53.9 Å². The number of carbonyl (C=O) groups is 2. The average Bonchev–Trinajstić information content (AvgIpc) is 3.59. The number of carboxylic acid groups (broad SMARTS) is 2. The van der Waals surface area contributed by atoms with Gasteiger partial charge in [-0.1, -0.05) is 66.3 Å². The van der Waals surface area contributed by atoms with Crippen molar-refractivity contribution in [3.05, 3.63) is 88.5 Å². The molecule has 0 unspecified atom stereocenters. The van der Waals surface area contributed by atoms with Gasteiger partial charge in [-0.05, 0) is 62.8 Å². The maximum Gasteiger partial charge on any atom is 2.00 e. The van der Waals surface area contributed by atoms with E-state index in [2.05, 4.69) is 13.2 Å². The first-order valence-electron chi connectivity index (χ1n) is 13.8. The summed E-state index contributed by atoms with van der Waals surface area (Å²) >= 11 is 0. The van der Waals surface area contributed by atoms with Gasteiger partial charge in [0.15, 0.2) is 0 Å². The second-order valence-corrected chi connectivity index (χ2v) is 10.6. The number of allylic oxidation sites excluding steroid dienone is 5. The number of aryl methyl sites for hydroxylation is 3. The molecule has 3 aromatic rings. The van der Waals surface area contributed by atoms with Gasteiger partial charge in [0.25, 0.3) is 0 Å². The van der Waals surface area contributed by atoms with E-state index in [1.807, 2.05) is 52.0 Å². The second-order valence-electron chi connectivity index (χ2n) is 10.6. The number of rotatable bonds is 8. The zero-order valence-corrected chi connectivity index (χ0v) is 27.2. The number of hydrogen-bond acceptors (Lipinski definition) is 4. The summed E-state index contributed by atoms with van der Waals surface area (Å²) in [5, 5.41) is 18.9. The number of fused-ring (bicyclic) bond motifs is 8. The summed E-state index contributed by atoms with van der Waals surface area (Å²) < 4.78 is 0. The molecule has 0 saturated heterocycles. The van der Waals surface area contributed by atoms with Gasteiger partial charge in [-0.2, -0.15) is 0 Å². The molecule has 5 rings (SSSR count). The molecule has 1 radical (unpaired) electrons. The van der Waals surface area contributed by atoms with Crippen LogP contribution in [0.3, 0.4) is 0 Å². The van der Waals surface area contributed by atoms with Crippen molar-refractivity contribution in [1.29, 1.82) is 0 Å². The minimum absolute atomic E-state index is 0. The molecular weight excluding hydrogens is 639 g/mol. The molecule has 0 amide bonds. The second kappa shape index (κ2) is 13.8. The standard InChI is InChI=1S/C34H34N4O4.Fe.Mn/c1-7-21-17(3)25-13-26-19(5)23(9-11-33(39)40)31(37-26)16-32-24(10-12-34(41)42)20(6)28(38-32)15-30-22(8-2)18(4)27(36-30)14-29(21)35-25;;/h7-8,13-16H,1-2,9-12H2,3-6H3,(H4,35,36,37,38,39,40,41,42);;/q;+2;/p-2. The van der Waals surface area contributed by atoms with Crippen LogP contribution in [-0.2, 0) is 50.1 Å². The van der Waals surface area contributed by atoms with E-state index in [-0.39, 0.29) is 47.0 Å². The van der Waals surface area contributed by atoms with Gasteiger partial charge < -0.3 is 20.2 Å². The molecule has 8 nitrogen and oxygen atoms in total. The van der Waals surface area contributed by atoms with E-state index in [0.717, 1.165) is 61.5 Å². The third-order valence-electron chi connectivity index (χ3n) is 8.06. The van der Waals surface area contributed by atoms with Gasteiger partial charge in [0.05, 0.1) is 22.8 Å². The Bertz CT molecular complexity index is 1930. The molecule has 227 valence electrons. The summed E-state index contributed by atoms with van der Waals surface area (Å²) in [5.41, 5.74) is 12.6. The van der Waals surface area contributed by atoms with E-state index < -0.39 is 11.9 Å². The third kappa shape index (κ3) is 6.44. The quantitative estimate of drug-likeness (QED) is 0.252. The Labute approximate surface area is 277 Å². The molecule has 8 bridgehead atoms. The number of carboxylic acids is 2. The molecule has 0 aliphatic carbocycles. The van der Waals surface area contributed by atoms with Crippen molar-refractivity contribution in [2.45, 2.75) is 53.4 Å². The zero-order valence-electron chi connectivity index (χ0n) is 24.9. The van der Waals surface area contributed by atoms with Crippen molar-refractivity contribution >= 4 is 62.4 Å². The fraction of sp³-hybridized carbons (Fsp3) is 0.235. The topological polar surface area (TPSA) is 129 Å². The van der Waals surface area contributed by atoms with Crippen molar-refractivity contribution in [1.82, 2.24) is 19.9 Å². The van der Waals surface area contributed by atoms with Crippen LogP contribution < -0.4 is 9.97 Å². The van der Waals surface area contributed by atoms with Gasteiger partial charge in [-0.15, -0.1) is 22.1 Å². The van der Waals surface area contributed by atoms with E-state index in [4.69, 9.17) is 19.9 Å². The Hall–Kier alpha value is -3.94. The van der Waals surface area contributed by atoms with Crippen LogP contribution in [0.5, 0.6) is 0 Å². The number of hydrogen-bond donors (Lipinski definition) is 2. The first-order chi connectivity index (χ1) is 20.0. The predicted molar refractivity (Wildman–Crippen MR) is 167 cm³/mol. The molecule has 2 aliphatic heterocycles.